The van der Waals surface area contributed by atoms with Gasteiger partial charge in [0.1, 0.15) is 6.54 Å². The van der Waals surface area contributed by atoms with Gasteiger partial charge in [0.2, 0.25) is 0 Å². The van der Waals surface area contributed by atoms with Crippen molar-refractivity contribution in [3.63, 3.8) is 0 Å². The summed E-state index contributed by atoms with van der Waals surface area (Å²) in [6, 6.07) is 11.3. The molecule has 0 amide bonds. The molecule has 3 aromatic rings. The second-order valence-electron chi connectivity index (χ2n) is 8.69. The van der Waals surface area contributed by atoms with E-state index in [1.54, 1.807) is 6.07 Å². The van der Waals surface area contributed by atoms with E-state index in [-0.39, 0.29) is 24.2 Å². The third kappa shape index (κ3) is 4.19. The molecule has 2 N–H and O–H groups in total. The van der Waals surface area contributed by atoms with Gasteiger partial charge in [-0.25, -0.2) is 8.42 Å². The number of hydrogen-bond acceptors (Lipinski definition) is 5. The van der Waals surface area contributed by atoms with E-state index in [2.05, 4.69) is 0 Å². The number of carbonyl (C=O) groups is 1. The Morgan fingerprint density at radius 1 is 1.19 bits per heavy atom. The zero-order chi connectivity index (χ0) is 22.3. The number of ether oxygens (including phenoxy) is 1. The van der Waals surface area contributed by atoms with Crippen LogP contribution in [0.5, 0.6) is 0 Å². The van der Waals surface area contributed by atoms with Crippen molar-refractivity contribution in [2.45, 2.75) is 45.1 Å². The summed E-state index contributed by atoms with van der Waals surface area (Å²) in [5.41, 5.74) is 11.7. The maximum atomic E-state index is 12.4. The maximum absolute atomic E-state index is 12.4. The largest absolute Gasteiger partial charge is 0.464 e. The highest BCUT2D eigenvalue weighted by Crippen LogP contribution is 2.32. The number of nitrogens with zero attached hydrogens (tertiary/aromatic N) is 1. The van der Waals surface area contributed by atoms with Crippen LogP contribution < -0.4 is 5.73 Å². The molecule has 2 heterocycles. The third-order valence-corrected chi connectivity index (χ3v) is 7.63. The van der Waals surface area contributed by atoms with Gasteiger partial charge in [-0.1, -0.05) is 26.0 Å². The van der Waals surface area contributed by atoms with Crippen LogP contribution in [-0.2, 0) is 38.8 Å². The smallest absolute Gasteiger partial charge is 0.325 e. The Labute approximate surface area is 182 Å². The molecule has 0 atom stereocenters. The Bertz CT molecular complexity index is 1270. The van der Waals surface area contributed by atoms with Gasteiger partial charge in [-0.05, 0) is 66.6 Å². The fraction of sp³-hybridized carbons (Fsp3) is 0.375. The molecule has 0 saturated carbocycles. The van der Waals surface area contributed by atoms with Crippen LogP contribution in [0.25, 0.3) is 10.9 Å². The van der Waals surface area contributed by atoms with Gasteiger partial charge >= 0.3 is 5.97 Å². The van der Waals surface area contributed by atoms with E-state index in [1.807, 2.05) is 55.7 Å². The number of benzene rings is 2. The zero-order valence-electron chi connectivity index (χ0n) is 18.1. The van der Waals surface area contributed by atoms with Crippen LogP contribution in [0, 0.1) is 12.8 Å². The monoisotopic (exact) mass is 440 g/mol. The minimum absolute atomic E-state index is 0.140. The summed E-state index contributed by atoms with van der Waals surface area (Å²) < 4.78 is 31.6. The van der Waals surface area contributed by atoms with E-state index >= 15 is 0 Å². The maximum Gasteiger partial charge on any atom is 0.325 e. The Balaban J connectivity index is 1.70. The third-order valence-electron chi connectivity index (χ3n) is 5.82. The SMILES string of the molecule is Cc1c(Cc2ccc3c(c2)CCS3(=O)=O)c2cc(N)ccc2n1CC(=O)OCC(C)C. The highest BCUT2D eigenvalue weighted by atomic mass is 32.2. The van der Waals surface area contributed by atoms with Gasteiger partial charge in [0, 0.05) is 22.3 Å². The average Bonchev–Trinajstić information content (AvgIpc) is 3.14. The van der Waals surface area contributed by atoms with Crippen LogP contribution in [0.1, 0.15) is 36.2 Å². The van der Waals surface area contributed by atoms with Gasteiger partial charge in [0.05, 0.1) is 17.3 Å². The van der Waals surface area contributed by atoms with Crippen molar-refractivity contribution in [1.29, 1.82) is 0 Å². The van der Waals surface area contributed by atoms with Gasteiger partial charge in [-0.3, -0.25) is 4.79 Å². The molecule has 1 aliphatic heterocycles. The molecule has 1 aromatic heterocycles. The molecule has 7 heteroatoms. The fourth-order valence-electron chi connectivity index (χ4n) is 4.23. The summed E-state index contributed by atoms with van der Waals surface area (Å²) in [5.74, 6) is 0.198. The van der Waals surface area contributed by atoms with Crippen LogP contribution in [0.3, 0.4) is 0 Å². The molecule has 0 spiro atoms. The Kier molecular flexibility index (Phi) is 5.56. The van der Waals surface area contributed by atoms with Crippen LogP contribution >= 0.6 is 0 Å². The average molecular weight is 441 g/mol. The number of esters is 1. The minimum atomic E-state index is -3.14. The van der Waals surface area contributed by atoms with Crippen LogP contribution in [0.2, 0.25) is 0 Å². The molecular weight excluding hydrogens is 412 g/mol. The highest BCUT2D eigenvalue weighted by Gasteiger charge is 2.26. The lowest BCUT2D eigenvalue weighted by atomic mass is 9.99. The number of nitrogens with two attached hydrogens (primary N) is 1. The van der Waals surface area contributed by atoms with E-state index in [1.165, 1.54) is 0 Å². The van der Waals surface area contributed by atoms with Gasteiger partial charge in [-0.15, -0.1) is 0 Å². The van der Waals surface area contributed by atoms with Crippen molar-refractivity contribution < 1.29 is 17.9 Å². The number of hydrogen-bond donors (Lipinski definition) is 1. The van der Waals surface area contributed by atoms with E-state index in [4.69, 9.17) is 10.5 Å². The lowest BCUT2D eigenvalue weighted by Gasteiger charge is -2.11. The summed E-state index contributed by atoms with van der Waals surface area (Å²) in [5, 5.41) is 1.00. The first-order valence-electron chi connectivity index (χ1n) is 10.5. The lowest BCUT2D eigenvalue weighted by Crippen LogP contribution is -2.17. The quantitative estimate of drug-likeness (QED) is 0.467. The van der Waals surface area contributed by atoms with Crippen molar-refractivity contribution in [2.75, 3.05) is 18.1 Å². The van der Waals surface area contributed by atoms with Gasteiger partial charge in [0.25, 0.3) is 0 Å². The second kappa shape index (κ2) is 8.04. The molecule has 164 valence electrons. The molecule has 1 aliphatic rings. The van der Waals surface area contributed by atoms with Crippen molar-refractivity contribution in [1.82, 2.24) is 4.57 Å². The highest BCUT2D eigenvalue weighted by molar-refractivity contribution is 7.91. The molecule has 0 radical (unpaired) electrons. The standard InChI is InChI=1S/C24H28N2O4S/c1-15(2)14-30-24(27)13-26-16(3)20(21-12-19(25)5-6-22(21)26)11-17-4-7-23-18(10-17)8-9-31(23,28)29/h4-7,10,12,15H,8-9,11,13-14,25H2,1-3H3. The minimum Gasteiger partial charge on any atom is -0.464 e. The van der Waals surface area contributed by atoms with Crippen LogP contribution in [-0.4, -0.2) is 31.3 Å². The number of sulfone groups is 1. The second-order valence-corrected chi connectivity index (χ2v) is 10.8. The van der Waals surface area contributed by atoms with Crippen molar-refractivity contribution >= 4 is 32.4 Å². The predicted molar refractivity (Wildman–Crippen MR) is 122 cm³/mol. The predicted octanol–water partition coefficient (Wildman–Crippen LogP) is 3.65. The molecule has 2 aromatic carbocycles. The van der Waals surface area contributed by atoms with Gasteiger partial charge in [0.15, 0.2) is 9.84 Å². The summed E-state index contributed by atoms with van der Waals surface area (Å²) in [4.78, 5) is 12.9. The topological polar surface area (TPSA) is 91.4 Å². The number of anilines is 1. The van der Waals surface area contributed by atoms with E-state index in [9.17, 15) is 13.2 Å². The molecule has 31 heavy (non-hydrogen) atoms. The Morgan fingerprint density at radius 2 is 1.97 bits per heavy atom. The van der Waals surface area contributed by atoms with Crippen molar-refractivity contribution in [2.24, 2.45) is 5.92 Å². The Morgan fingerprint density at radius 3 is 2.71 bits per heavy atom. The van der Waals surface area contributed by atoms with E-state index in [0.717, 1.165) is 33.3 Å². The molecule has 0 saturated heterocycles. The van der Waals surface area contributed by atoms with Crippen LogP contribution in [0.15, 0.2) is 41.3 Å². The molecular formula is C24H28N2O4S. The molecule has 0 fully saturated rings. The van der Waals surface area contributed by atoms with E-state index < -0.39 is 9.84 Å². The summed E-state index contributed by atoms with van der Waals surface area (Å²) in [7, 11) is -3.14. The molecule has 0 bridgehead atoms. The van der Waals surface area contributed by atoms with Crippen molar-refractivity contribution in [3.05, 3.63) is 58.8 Å². The summed E-state index contributed by atoms with van der Waals surface area (Å²) in [6.45, 7) is 6.55. The van der Waals surface area contributed by atoms with Crippen molar-refractivity contribution in [3.8, 4) is 0 Å². The Hall–Kier alpha value is -2.80. The molecule has 4 rings (SSSR count). The van der Waals surface area contributed by atoms with Gasteiger partial charge < -0.3 is 15.0 Å². The lowest BCUT2D eigenvalue weighted by molar-refractivity contribution is -0.145. The van der Waals surface area contributed by atoms with Crippen LogP contribution in [0.4, 0.5) is 5.69 Å². The fourth-order valence-corrected chi connectivity index (χ4v) is 5.77. The number of aryl methyl sites for hydroxylation is 1. The zero-order valence-corrected chi connectivity index (χ0v) is 19.0. The number of fused-ring (bicyclic) bond motifs is 2. The first-order chi connectivity index (χ1) is 14.7. The first-order valence-corrected chi connectivity index (χ1v) is 12.2. The number of carbonyl (C=O) groups excluding carboxylic acids is 1. The number of nitrogen functional groups attached to an aromatic ring is 1. The molecule has 0 aliphatic carbocycles. The van der Waals surface area contributed by atoms with E-state index in [0.29, 0.717) is 30.0 Å². The summed E-state index contributed by atoms with van der Waals surface area (Å²) in [6.07, 6.45) is 1.19. The van der Waals surface area contributed by atoms with Gasteiger partial charge in [-0.2, -0.15) is 0 Å². The normalized spacial score (nSPS) is 14.8. The first kappa shape index (κ1) is 21.4. The molecule has 0 unspecified atom stereocenters. The number of rotatable bonds is 6. The molecule has 6 nitrogen and oxygen atoms in total. The summed E-state index contributed by atoms with van der Waals surface area (Å²) >= 11 is 0. The number of aromatic nitrogens is 1.